The van der Waals surface area contributed by atoms with Gasteiger partial charge in [-0.3, -0.25) is 14.4 Å². The first-order valence-corrected chi connectivity index (χ1v) is 8.67. The summed E-state index contributed by atoms with van der Waals surface area (Å²) >= 11 is 0. The number of primary amides is 1. The second-order valence-corrected chi connectivity index (χ2v) is 6.60. The van der Waals surface area contributed by atoms with Gasteiger partial charge in [0.2, 0.25) is 5.91 Å². The normalized spacial score (nSPS) is 14.2. The fourth-order valence-electron chi connectivity index (χ4n) is 3.33. The summed E-state index contributed by atoms with van der Waals surface area (Å²) in [6.07, 6.45) is 2.53. The van der Waals surface area contributed by atoms with E-state index in [2.05, 4.69) is 15.6 Å². The number of aryl methyl sites for hydroxylation is 2. The molecule has 0 aliphatic carbocycles. The third-order valence-electron chi connectivity index (χ3n) is 4.75. The number of aromatic nitrogens is 1. The highest BCUT2D eigenvalue weighted by atomic mass is 16.2. The average molecular weight is 366 g/mol. The second-order valence-electron chi connectivity index (χ2n) is 6.60. The largest absolute Gasteiger partial charge is 0.370 e. The standard InChI is InChI=1S/C20H22N4O3/c1-10-16(23-11(2)18(10)20(27)22-3)9-14-13-8-12(5-7-17(21)25)4-6-15(13)24-19(14)26/h4,6,8-9,23H,5,7H2,1-3H3,(H2,21,25)(H,22,27)(H,24,26)/b14-9-. The first kappa shape index (κ1) is 18.4. The van der Waals surface area contributed by atoms with Gasteiger partial charge in [-0.1, -0.05) is 6.07 Å². The van der Waals surface area contributed by atoms with Crippen molar-refractivity contribution < 1.29 is 14.4 Å². The lowest BCUT2D eigenvalue weighted by molar-refractivity contribution is -0.118. The van der Waals surface area contributed by atoms with Crippen molar-refractivity contribution >= 4 is 35.1 Å². The van der Waals surface area contributed by atoms with Crippen molar-refractivity contribution in [2.24, 2.45) is 5.73 Å². The zero-order valence-electron chi connectivity index (χ0n) is 15.5. The number of aromatic amines is 1. The number of anilines is 1. The molecule has 2 heterocycles. The van der Waals surface area contributed by atoms with Crippen molar-refractivity contribution in [3.63, 3.8) is 0 Å². The SMILES string of the molecule is CNC(=O)c1c(C)[nH]c(/C=C2\C(=O)Nc3ccc(CCC(N)=O)cc32)c1C. The van der Waals surface area contributed by atoms with Gasteiger partial charge in [-0.15, -0.1) is 0 Å². The number of hydrogen-bond acceptors (Lipinski definition) is 3. The lowest BCUT2D eigenvalue weighted by Gasteiger charge is -2.04. The molecule has 1 aromatic heterocycles. The quantitative estimate of drug-likeness (QED) is 0.605. The van der Waals surface area contributed by atoms with Crippen molar-refractivity contribution in [3.8, 4) is 0 Å². The zero-order chi connectivity index (χ0) is 19.7. The van der Waals surface area contributed by atoms with E-state index in [1.54, 1.807) is 13.1 Å². The minimum atomic E-state index is -0.361. The first-order chi connectivity index (χ1) is 12.8. The van der Waals surface area contributed by atoms with Crippen LogP contribution < -0.4 is 16.4 Å². The fourth-order valence-corrected chi connectivity index (χ4v) is 3.33. The van der Waals surface area contributed by atoms with Gasteiger partial charge in [-0.05, 0) is 49.6 Å². The van der Waals surface area contributed by atoms with E-state index < -0.39 is 0 Å². The van der Waals surface area contributed by atoms with Crippen LogP contribution in [0.5, 0.6) is 0 Å². The zero-order valence-corrected chi connectivity index (χ0v) is 15.5. The number of benzene rings is 1. The summed E-state index contributed by atoms with van der Waals surface area (Å²) in [6, 6.07) is 5.60. The van der Waals surface area contributed by atoms with E-state index in [0.29, 0.717) is 23.3 Å². The van der Waals surface area contributed by atoms with Crippen molar-refractivity contribution in [2.45, 2.75) is 26.7 Å². The molecule has 1 aliphatic rings. The van der Waals surface area contributed by atoms with Crippen molar-refractivity contribution in [1.82, 2.24) is 10.3 Å². The average Bonchev–Trinajstić information content (AvgIpc) is 3.08. The molecule has 0 unspecified atom stereocenters. The number of carbonyl (C=O) groups excluding carboxylic acids is 3. The maximum atomic E-state index is 12.5. The molecule has 0 spiro atoms. The summed E-state index contributed by atoms with van der Waals surface area (Å²) in [7, 11) is 1.58. The Morgan fingerprint density at radius 1 is 1.26 bits per heavy atom. The molecule has 0 bridgehead atoms. The van der Waals surface area contributed by atoms with Crippen LogP contribution in [0.25, 0.3) is 11.6 Å². The van der Waals surface area contributed by atoms with Gasteiger partial charge in [-0.2, -0.15) is 0 Å². The van der Waals surface area contributed by atoms with E-state index in [0.717, 1.165) is 28.1 Å². The number of amides is 3. The van der Waals surface area contributed by atoms with Crippen LogP contribution in [-0.2, 0) is 16.0 Å². The van der Waals surface area contributed by atoms with Gasteiger partial charge < -0.3 is 21.4 Å². The van der Waals surface area contributed by atoms with Crippen molar-refractivity contribution in [1.29, 1.82) is 0 Å². The fraction of sp³-hybridized carbons (Fsp3) is 0.250. The van der Waals surface area contributed by atoms with Crippen LogP contribution in [0.2, 0.25) is 0 Å². The van der Waals surface area contributed by atoms with E-state index in [1.807, 2.05) is 32.0 Å². The summed E-state index contributed by atoms with van der Waals surface area (Å²) in [5.74, 6) is -0.735. The lowest BCUT2D eigenvalue weighted by Crippen LogP contribution is -2.19. The second kappa shape index (κ2) is 7.11. The van der Waals surface area contributed by atoms with Crippen LogP contribution in [0.1, 0.15) is 44.9 Å². The maximum absolute atomic E-state index is 12.5. The van der Waals surface area contributed by atoms with E-state index >= 15 is 0 Å². The highest BCUT2D eigenvalue weighted by Gasteiger charge is 2.25. The van der Waals surface area contributed by atoms with Gasteiger partial charge in [-0.25, -0.2) is 0 Å². The summed E-state index contributed by atoms with van der Waals surface area (Å²) in [5.41, 5.74) is 11.0. The van der Waals surface area contributed by atoms with Gasteiger partial charge in [0, 0.05) is 36.1 Å². The Bertz CT molecular complexity index is 985. The van der Waals surface area contributed by atoms with Crippen LogP contribution in [0.4, 0.5) is 5.69 Å². The van der Waals surface area contributed by atoms with Gasteiger partial charge >= 0.3 is 0 Å². The van der Waals surface area contributed by atoms with E-state index in [1.165, 1.54) is 0 Å². The van der Waals surface area contributed by atoms with Crippen LogP contribution in [0.15, 0.2) is 18.2 Å². The molecule has 0 atom stereocenters. The molecule has 1 aromatic carbocycles. The van der Waals surface area contributed by atoms with Crippen LogP contribution >= 0.6 is 0 Å². The van der Waals surface area contributed by atoms with E-state index in [9.17, 15) is 14.4 Å². The summed E-state index contributed by atoms with van der Waals surface area (Å²) in [6.45, 7) is 3.67. The lowest BCUT2D eigenvalue weighted by atomic mass is 10.00. The highest BCUT2D eigenvalue weighted by Crippen LogP contribution is 2.35. The number of nitrogens with one attached hydrogen (secondary N) is 3. The van der Waals surface area contributed by atoms with Crippen LogP contribution in [0.3, 0.4) is 0 Å². The molecule has 5 N–H and O–H groups in total. The molecule has 2 aromatic rings. The summed E-state index contributed by atoms with van der Waals surface area (Å²) in [5, 5.41) is 5.47. The molecule has 7 heteroatoms. The van der Waals surface area contributed by atoms with Gasteiger partial charge in [0.15, 0.2) is 0 Å². The summed E-state index contributed by atoms with van der Waals surface area (Å²) < 4.78 is 0. The predicted octanol–water partition coefficient (Wildman–Crippen LogP) is 1.90. The molecule has 0 radical (unpaired) electrons. The smallest absolute Gasteiger partial charge is 0.256 e. The topological polar surface area (TPSA) is 117 Å². The Morgan fingerprint density at radius 2 is 2.00 bits per heavy atom. The van der Waals surface area contributed by atoms with Gasteiger partial charge in [0.1, 0.15) is 0 Å². The molecule has 0 saturated heterocycles. The number of fused-ring (bicyclic) bond motifs is 1. The Labute approximate surface area is 157 Å². The summed E-state index contributed by atoms with van der Waals surface area (Å²) in [4.78, 5) is 38.7. The number of rotatable bonds is 5. The Balaban J connectivity index is 2.02. The molecular formula is C20H22N4O3. The third kappa shape index (κ3) is 3.48. The number of carbonyl (C=O) groups is 3. The van der Waals surface area contributed by atoms with Crippen LogP contribution in [0, 0.1) is 13.8 Å². The van der Waals surface area contributed by atoms with Crippen molar-refractivity contribution in [2.75, 3.05) is 12.4 Å². The molecule has 7 nitrogen and oxygen atoms in total. The highest BCUT2D eigenvalue weighted by molar-refractivity contribution is 6.35. The first-order valence-electron chi connectivity index (χ1n) is 8.67. The molecule has 140 valence electrons. The molecule has 27 heavy (non-hydrogen) atoms. The number of H-pyrrole nitrogens is 1. The minimum absolute atomic E-state index is 0.170. The third-order valence-corrected chi connectivity index (χ3v) is 4.75. The van der Waals surface area contributed by atoms with E-state index in [-0.39, 0.29) is 24.1 Å². The minimum Gasteiger partial charge on any atom is -0.370 e. The Hall–Kier alpha value is -3.35. The van der Waals surface area contributed by atoms with Gasteiger partial charge in [0.05, 0.1) is 11.1 Å². The molecule has 0 fully saturated rings. The Morgan fingerprint density at radius 3 is 2.67 bits per heavy atom. The molecule has 3 amide bonds. The van der Waals surface area contributed by atoms with Gasteiger partial charge in [0.25, 0.3) is 11.8 Å². The van der Waals surface area contributed by atoms with E-state index in [4.69, 9.17) is 5.73 Å². The molecular weight excluding hydrogens is 344 g/mol. The predicted molar refractivity (Wildman–Crippen MR) is 104 cm³/mol. The monoisotopic (exact) mass is 366 g/mol. The number of hydrogen-bond donors (Lipinski definition) is 4. The Kier molecular flexibility index (Phi) is 4.85. The molecule has 1 aliphatic heterocycles. The van der Waals surface area contributed by atoms with Crippen molar-refractivity contribution in [3.05, 3.63) is 51.8 Å². The number of nitrogens with two attached hydrogens (primary N) is 1. The molecule has 0 saturated carbocycles. The van der Waals surface area contributed by atoms with Crippen LogP contribution in [-0.4, -0.2) is 29.8 Å². The maximum Gasteiger partial charge on any atom is 0.256 e. The molecule has 3 rings (SSSR count).